The Labute approximate surface area is 88.0 Å². The molecule has 0 radical (unpaired) electrons. The summed E-state index contributed by atoms with van der Waals surface area (Å²) in [7, 11) is 3.23. The van der Waals surface area contributed by atoms with Crippen molar-refractivity contribution in [2.45, 2.75) is 0 Å². The average molecular weight is 241 g/mol. The summed E-state index contributed by atoms with van der Waals surface area (Å²) in [5.41, 5.74) is 0. The van der Waals surface area contributed by atoms with Crippen molar-refractivity contribution in [3.05, 3.63) is 0 Å². The molecule has 14 heavy (non-hydrogen) atoms. The van der Waals surface area contributed by atoms with Crippen molar-refractivity contribution in [2.75, 3.05) is 39.0 Å². The second-order valence-corrected chi connectivity index (χ2v) is 6.14. The molecule has 0 unspecified atom stereocenters. The highest BCUT2D eigenvalue weighted by Crippen LogP contribution is 2.03. The SMILES string of the molecule is CN1CCN(C(=O)CS(=O)(=O)Cl)CC1. The van der Waals surface area contributed by atoms with Crippen LogP contribution in [0.3, 0.4) is 0 Å². The highest BCUT2D eigenvalue weighted by Gasteiger charge is 2.22. The number of amides is 1. The Bertz CT molecular complexity index is 309. The lowest BCUT2D eigenvalue weighted by Gasteiger charge is -2.32. The van der Waals surface area contributed by atoms with Gasteiger partial charge in [-0.2, -0.15) is 0 Å². The lowest BCUT2D eigenvalue weighted by Crippen LogP contribution is -2.48. The summed E-state index contributed by atoms with van der Waals surface area (Å²) in [5, 5.41) is 0. The van der Waals surface area contributed by atoms with E-state index in [1.54, 1.807) is 0 Å². The van der Waals surface area contributed by atoms with Crippen LogP contribution in [0.25, 0.3) is 0 Å². The summed E-state index contributed by atoms with van der Waals surface area (Å²) in [6.45, 7) is 2.69. The maximum atomic E-state index is 11.4. The maximum Gasteiger partial charge on any atom is 0.241 e. The molecule has 1 aliphatic heterocycles. The molecule has 1 fully saturated rings. The van der Waals surface area contributed by atoms with E-state index in [-0.39, 0.29) is 0 Å². The van der Waals surface area contributed by atoms with Crippen molar-refractivity contribution in [3.63, 3.8) is 0 Å². The first-order chi connectivity index (χ1) is 6.38. The molecule has 0 atom stereocenters. The van der Waals surface area contributed by atoms with Crippen LogP contribution in [0.5, 0.6) is 0 Å². The van der Waals surface area contributed by atoms with Crippen LogP contribution < -0.4 is 0 Å². The zero-order valence-electron chi connectivity index (χ0n) is 7.94. The van der Waals surface area contributed by atoms with E-state index in [9.17, 15) is 13.2 Å². The predicted octanol–water partition coefficient (Wildman–Crippen LogP) is -0.671. The molecule has 0 aromatic rings. The van der Waals surface area contributed by atoms with Gasteiger partial charge in [0.1, 0.15) is 5.75 Å². The maximum absolute atomic E-state index is 11.4. The molecule has 0 spiro atoms. The predicted molar refractivity (Wildman–Crippen MR) is 53.7 cm³/mol. The van der Waals surface area contributed by atoms with Crippen molar-refractivity contribution in [3.8, 4) is 0 Å². The number of carbonyl (C=O) groups is 1. The molecule has 1 rings (SSSR count). The molecule has 1 amide bonds. The zero-order valence-corrected chi connectivity index (χ0v) is 9.51. The fourth-order valence-electron chi connectivity index (χ4n) is 1.29. The number of piperazine rings is 1. The summed E-state index contributed by atoms with van der Waals surface area (Å²) in [6.07, 6.45) is 0. The molecular weight excluding hydrogens is 228 g/mol. The quantitative estimate of drug-likeness (QED) is 0.601. The lowest BCUT2D eigenvalue weighted by molar-refractivity contribution is -0.129. The summed E-state index contributed by atoms with van der Waals surface area (Å²) in [6, 6.07) is 0. The molecule has 7 heteroatoms. The van der Waals surface area contributed by atoms with Crippen LogP contribution in [-0.4, -0.2) is 63.1 Å². The van der Waals surface area contributed by atoms with Gasteiger partial charge in [0.25, 0.3) is 0 Å². The summed E-state index contributed by atoms with van der Waals surface area (Å²) in [5.74, 6) is -1.01. The van der Waals surface area contributed by atoms with Gasteiger partial charge in [-0.15, -0.1) is 0 Å². The topological polar surface area (TPSA) is 57.7 Å². The monoisotopic (exact) mass is 240 g/mol. The van der Waals surface area contributed by atoms with Crippen molar-refractivity contribution in [1.82, 2.24) is 9.80 Å². The normalized spacial score (nSPS) is 19.7. The van der Waals surface area contributed by atoms with Crippen LogP contribution in [0.4, 0.5) is 0 Å². The van der Waals surface area contributed by atoms with Crippen LogP contribution in [0.2, 0.25) is 0 Å². The number of carbonyl (C=O) groups excluding carboxylic acids is 1. The number of hydrogen-bond acceptors (Lipinski definition) is 4. The number of hydrogen-bond donors (Lipinski definition) is 0. The molecule has 0 bridgehead atoms. The molecule has 5 nitrogen and oxygen atoms in total. The van der Waals surface area contributed by atoms with E-state index in [1.807, 2.05) is 7.05 Å². The molecule has 0 saturated carbocycles. The van der Waals surface area contributed by atoms with Crippen molar-refractivity contribution in [2.24, 2.45) is 0 Å². The van der Waals surface area contributed by atoms with Gasteiger partial charge >= 0.3 is 0 Å². The number of halogens is 1. The molecule has 1 heterocycles. The second kappa shape index (κ2) is 4.46. The number of likely N-dealkylation sites (N-methyl/N-ethyl adjacent to an activating group) is 1. The summed E-state index contributed by atoms with van der Waals surface area (Å²) < 4.78 is 21.3. The van der Waals surface area contributed by atoms with E-state index in [2.05, 4.69) is 4.90 Å². The molecule has 0 aliphatic carbocycles. The van der Waals surface area contributed by atoms with E-state index in [1.165, 1.54) is 4.90 Å². The van der Waals surface area contributed by atoms with Gasteiger partial charge in [0.2, 0.25) is 15.0 Å². The third-order valence-corrected chi connectivity index (χ3v) is 3.07. The van der Waals surface area contributed by atoms with Gasteiger partial charge in [-0.05, 0) is 7.05 Å². The summed E-state index contributed by atoms with van der Waals surface area (Å²) >= 11 is 0. The smallest absolute Gasteiger partial charge is 0.241 e. The molecule has 1 saturated heterocycles. The molecule has 0 N–H and O–H groups in total. The van der Waals surface area contributed by atoms with Gasteiger partial charge in [0.15, 0.2) is 0 Å². The minimum Gasteiger partial charge on any atom is -0.339 e. The molecule has 1 aliphatic rings. The van der Waals surface area contributed by atoms with E-state index in [0.717, 1.165) is 13.1 Å². The number of rotatable bonds is 2. The lowest BCUT2D eigenvalue weighted by atomic mass is 10.3. The van der Waals surface area contributed by atoms with Crippen molar-refractivity contribution >= 4 is 25.6 Å². The first-order valence-corrected chi connectivity index (χ1v) is 6.75. The van der Waals surface area contributed by atoms with Crippen LogP contribution in [0.15, 0.2) is 0 Å². The highest BCUT2D eigenvalue weighted by molar-refractivity contribution is 8.14. The second-order valence-electron chi connectivity index (χ2n) is 3.37. The fourth-order valence-corrected chi connectivity index (χ4v) is 2.05. The fraction of sp³-hybridized carbons (Fsp3) is 0.857. The minimum atomic E-state index is -3.72. The van der Waals surface area contributed by atoms with Crippen LogP contribution in [0, 0.1) is 0 Å². The molecule has 0 aromatic heterocycles. The van der Waals surface area contributed by atoms with Gasteiger partial charge in [-0.25, -0.2) is 8.42 Å². The average Bonchev–Trinajstić information content (AvgIpc) is 2.02. The summed E-state index contributed by atoms with van der Waals surface area (Å²) in [4.78, 5) is 15.0. The van der Waals surface area contributed by atoms with Gasteiger partial charge in [0.05, 0.1) is 0 Å². The Balaban J connectivity index is 2.46. The van der Waals surface area contributed by atoms with E-state index in [4.69, 9.17) is 10.7 Å². The Morgan fingerprint density at radius 2 is 1.79 bits per heavy atom. The van der Waals surface area contributed by atoms with Gasteiger partial charge in [-0.1, -0.05) is 0 Å². The third kappa shape index (κ3) is 3.81. The largest absolute Gasteiger partial charge is 0.339 e. The highest BCUT2D eigenvalue weighted by atomic mass is 35.7. The van der Waals surface area contributed by atoms with E-state index in [0.29, 0.717) is 13.1 Å². The number of nitrogens with zero attached hydrogens (tertiary/aromatic N) is 2. The van der Waals surface area contributed by atoms with E-state index >= 15 is 0 Å². The van der Waals surface area contributed by atoms with Crippen molar-refractivity contribution < 1.29 is 13.2 Å². The Kier molecular flexibility index (Phi) is 3.74. The molecular formula is C7H13ClN2O3S. The van der Waals surface area contributed by atoms with Gasteiger partial charge < -0.3 is 9.80 Å². The molecule has 0 aromatic carbocycles. The van der Waals surface area contributed by atoms with Gasteiger partial charge in [0, 0.05) is 36.9 Å². The first-order valence-electron chi connectivity index (χ1n) is 4.27. The van der Waals surface area contributed by atoms with Crippen LogP contribution in [-0.2, 0) is 13.8 Å². The zero-order chi connectivity index (χ0) is 10.8. The van der Waals surface area contributed by atoms with Crippen molar-refractivity contribution in [1.29, 1.82) is 0 Å². The van der Waals surface area contributed by atoms with Crippen LogP contribution >= 0.6 is 10.7 Å². The Morgan fingerprint density at radius 3 is 2.21 bits per heavy atom. The Hall–Kier alpha value is -0.330. The first kappa shape index (κ1) is 11.7. The standard InChI is InChI=1S/C7H13ClN2O3S/c1-9-2-4-10(5-3-9)7(11)6-14(8,12)13/h2-6H2,1H3. The Morgan fingerprint density at radius 1 is 1.29 bits per heavy atom. The minimum absolute atomic E-state index is 0.409. The van der Waals surface area contributed by atoms with E-state index < -0.39 is 20.7 Å². The van der Waals surface area contributed by atoms with Crippen LogP contribution in [0.1, 0.15) is 0 Å². The third-order valence-electron chi connectivity index (χ3n) is 2.15. The molecule has 82 valence electrons. The van der Waals surface area contributed by atoms with Gasteiger partial charge in [-0.3, -0.25) is 4.79 Å².